The van der Waals surface area contributed by atoms with Crippen LogP contribution in [-0.4, -0.2) is 48.0 Å². The highest BCUT2D eigenvalue weighted by molar-refractivity contribution is 7.80. The zero-order valence-electron chi connectivity index (χ0n) is 18.4. The minimum Gasteiger partial charge on any atom is -0.459 e. The Kier molecular flexibility index (Phi) is 7.04. The van der Waals surface area contributed by atoms with Gasteiger partial charge in [-0.3, -0.25) is 14.9 Å². The van der Waals surface area contributed by atoms with E-state index in [0.717, 1.165) is 29.9 Å². The van der Waals surface area contributed by atoms with Crippen molar-refractivity contribution in [1.29, 1.82) is 0 Å². The summed E-state index contributed by atoms with van der Waals surface area (Å²) in [6.45, 7) is 5.31. The lowest BCUT2D eigenvalue weighted by atomic mass is 10.1. The molecule has 2 amide bonds. The van der Waals surface area contributed by atoms with E-state index in [-0.39, 0.29) is 11.8 Å². The molecule has 33 heavy (non-hydrogen) atoms. The van der Waals surface area contributed by atoms with Crippen LogP contribution in [0.2, 0.25) is 0 Å². The summed E-state index contributed by atoms with van der Waals surface area (Å²) in [6, 6.07) is 19.0. The van der Waals surface area contributed by atoms with E-state index in [0.29, 0.717) is 36.1 Å². The van der Waals surface area contributed by atoms with Crippen LogP contribution in [0.25, 0.3) is 0 Å². The van der Waals surface area contributed by atoms with Gasteiger partial charge in [0.15, 0.2) is 10.9 Å². The number of furan rings is 1. The molecule has 1 aromatic heterocycles. The van der Waals surface area contributed by atoms with Gasteiger partial charge in [0.1, 0.15) is 0 Å². The lowest BCUT2D eigenvalue weighted by molar-refractivity contribution is 0.0714. The van der Waals surface area contributed by atoms with Crippen LogP contribution < -0.4 is 15.5 Å². The summed E-state index contributed by atoms with van der Waals surface area (Å²) >= 11 is 5.25. The minimum absolute atomic E-state index is 0.0634. The molecule has 0 unspecified atom stereocenters. The molecule has 1 saturated heterocycles. The number of nitrogens with zero attached hydrogens (tertiary/aromatic N) is 2. The molecule has 0 saturated carbocycles. The van der Waals surface area contributed by atoms with Crippen molar-refractivity contribution < 1.29 is 14.0 Å². The number of amides is 2. The Bertz CT molecular complexity index is 1100. The topological polar surface area (TPSA) is 77.8 Å². The lowest BCUT2D eigenvalue weighted by Crippen LogP contribution is -2.48. The quantitative estimate of drug-likeness (QED) is 0.567. The van der Waals surface area contributed by atoms with Crippen molar-refractivity contribution in [3.8, 4) is 0 Å². The molecule has 1 aliphatic heterocycles. The molecular weight excluding hydrogens is 436 g/mol. The standard InChI is InChI=1S/C25H26N4O3S/c1-18-4-8-20(9-5-18)23(30)27-25(33)26-17-19-6-10-21(11-7-19)28-12-14-29(15-13-28)24(31)22-3-2-16-32-22/h2-11,16H,12-15,17H2,1H3,(H2,26,27,30,33). The smallest absolute Gasteiger partial charge is 0.289 e. The Morgan fingerprint density at radius 1 is 0.970 bits per heavy atom. The number of hydrogen-bond acceptors (Lipinski definition) is 5. The number of thiocarbonyl (C=S) groups is 1. The van der Waals surface area contributed by atoms with Gasteiger partial charge in [-0.05, 0) is 61.1 Å². The van der Waals surface area contributed by atoms with Gasteiger partial charge in [-0.1, -0.05) is 29.8 Å². The molecular formula is C25H26N4O3S. The second-order valence-corrected chi connectivity index (χ2v) is 8.33. The van der Waals surface area contributed by atoms with Crippen molar-refractivity contribution in [3.05, 3.63) is 89.4 Å². The van der Waals surface area contributed by atoms with Crippen LogP contribution in [0.3, 0.4) is 0 Å². The molecule has 0 aliphatic carbocycles. The Labute approximate surface area is 198 Å². The third kappa shape index (κ3) is 5.78. The molecule has 0 bridgehead atoms. The van der Waals surface area contributed by atoms with Gasteiger partial charge in [-0.25, -0.2) is 0 Å². The predicted molar refractivity (Wildman–Crippen MR) is 131 cm³/mol. The number of piperazine rings is 1. The van der Waals surface area contributed by atoms with Gasteiger partial charge in [-0.2, -0.15) is 0 Å². The van der Waals surface area contributed by atoms with Crippen molar-refractivity contribution >= 4 is 34.8 Å². The van der Waals surface area contributed by atoms with Gasteiger partial charge in [-0.15, -0.1) is 0 Å². The first-order valence-corrected chi connectivity index (χ1v) is 11.2. The SMILES string of the molecule is Cc1ccc(C(=O)NC(=S)NCc2ccc(N3CCN(C(=O)c4ccco4)CC3)cc2)cc1. The molecule has 3 aromatic rings. The van der Waals surface area contributed by atoms with Crippen LogP contribution in [0.4, 0.5) is 5.69 Å². The molecule has 0 atom stereocenters. The monoisotopic (exact) mass is 462 g/mol. The molecule has 7 nitrogen and oxygen atoms in total. The fourth-order valence-electron chi connectivity index (χ4n) is 3.66. The molecule has 2 aromatic carbocycles. The fraction of sp³-hybridized carbons (Fsp3) is 0.240. The van der Waals surface area contributed by atoms with E-state index >= 15 is 0 Å². The number of carbonyl (C=O) groups excluding carboxylic acids is 2. The van der Waals surface area contributed by atoms with Crippen LogP contribution in [0.1, 0.15) is 32.0 Å². The highest BCUT2D eigenvalue weighted by Gasteiger charge is 2.23. The van der Waals surface area contributed by atoms with Gasteiger partial charge >= 0.3 is 0 Å². The van der Waals surface area contributed by atoms with E-state index in [2.05, 4.69) is 27.7 Å². The van der Waals surface area contributed by atoms with Crippen molar-refractivity contribution in [3.63, 3.8) is 0 Å². The van der Waals surface area contributed by atoms with E-state index in [1.165, 1.54) is 6.26 Å². The largest absolute Gasteiger partial charge is 0.459 e. The van der Waals surface area contributed by atoms with Crippen LogP contribution >= 0.6 is 12.2 Å². The highest BCUT2D eigenvalue weighted by atomic mass is 32.1. The second kappa shape index (κ2) is 10.3. The van der Waals surface area contributed by atoms with Crippen molar-refractivity contribution in [2.24, 2.45) is 0 Å². The average molecular weight is 463 g/mol. The number of aryl methyl sites for hydroxylation is 1. The number of nitrogens with one attached hydrogen (secondary N) is 2. The zero-order chi connectivity index (χ0) is 23.2. The van der Waals surface area contributed by atoms with Gasteiger partial charge in [0.05, 0.1) is 6.26 Å². The molecule has 0 spiro atoms. The van der Waals surface area contributed by atoms with E-state index in [9.17, 15) is 9.59 Å². The van der Waals surface area contributed by atoms with E-state index in [1.54, 1.807) is 24.3 Å². The number of rotatable bonds is 5. The predicted octanol–water partition coefficient (Wildman–Crippen LogP) is 3.35. The van der Waals surface area contributed by atoms with E-state index in [4.69, 9.17) is 16.6 Å². The Hall–Kier alpha value is -3.65. The first-order valence-electron chi connectivity index (χ1n) is 10.8. The Morgan fingerprint density at radius 2 is 1.67 bits per heavy atom. The van der Waals surface area contributed by atoms with E-state index < -0.39 is 0 Å². The fourth-order valence-corrected chi connectivity index (χ4v) is 3.82. The first kappa shape index (κ1) is 22.5. The summed E-state index contributed by atoms with van der Waals surface area (Å²) in [5, 5.41) is 6.07. The lowest BCUT2D eigenvalue weighted by Gasteiger charge is -2.35. The van der Waals surface area contributed by atoms with Crippen LogP contribution in [0.15, 0.2) is 71.3 Å². The summed E-state index contributed by atoms with van der Waals surface area (Å²) in [6.07, 6.45) is 1.52. The minimum atomic E-state index is -0.229. The molecule has 4 rings (SSSR count). The van der Waals surface area contributed by atoms with E-state index in [1.807, 2.05) is 36.1 Å². The maximum absolute atomic E-state index is 12.4. The second-order valence-electron chi connectivity index (χ2n) is 7.93. The molecule has 1 fully saturated rings. The van der Waals surface area contributed by atoms with Crippen LogP contribution in [-0.2, 0) is 6.54 Å². The third-order valence-electron chi connectivity index (χ3n) is 5.59. The molecule has 0 radical (unpaired) electrons. The number of anilines is 1. The average Bonchev–Trinajstić information content (AvgIpc) is 3.38. The van der Waals surface area contributed by atoms with Crippen LogP contribution in [0.5, 0.6) is 0 Å². The summed E-state index contributed by atoms with van der Waals surface area (Å²) in [5.41, 5.74) is 3.83. The summed E-state index contributed by atoms with van der Waals surface area (Å²) in [7, 11) is 0. The molecule has 1 aliphatic rings. The van der Waals surface area contributed by atoms with Gasteiger partial charge in [0, 0.05) is 44.0 Å². The van der Waals surface area contributed by atoms with Crippen molar-refractivity contribution in [1.82, 2.24) is 15.5 Å². The number of benzene rings is 2. The van der Waals surface area contributed by atoms with Gasteiger partial charge in [0.2, 0.25) is 0 Å². The first-order chi connectivity index (χ1) is 16.0. The normalized spacial score (nSPS) is 13.5. The molecule has 8 heteroatoms. The maximum Gasteiger partial charge on any atom is 0.289 e. The van der Waals surface area contributed by atoms with Crippen molar-refractivity contribution in [2.75, 3.05) is 31.1 Å². The zero-order valence-corrected chi connectivity index (χ0v) is 19.2. The van der Waals surface area contributed by atoms with Crippen molar-refractivity contribution in [2.45, 2.75) is 13.5 Å². The maximum atomic E-state index is 12.4. The van der Waals surface area contributed by atoms with Gasteiger partial charge < -0.3 is 19.5 Å². The Balaban J connectivity index is 1.23. The Morgan fingerprint density at radius 3 is 2.30 bits per heavy atom. The summed E-state index contributed by atoms with van der Waals surface area (Å²) in [5.74, 6) is 0.0901. The third-order valence-corrected chi connectivity index (χ3v) is 5.84. The number of hydrogen-bond donors (Lipinski definition) is 2. The summed E-state index contributed by atoms with van der Waals surface area (Å²) < 4.78 is 5.22. The summed E-state index contributed by atoms with van der Waals surface area (Å²) in [4.78, 5) is 28.7. The molecule has 2 N–H and O–H groups in total. The molecule has 2 heterocycles. The highest BCUT2D eigenvalue weighted by Crippen LogP contribution is 2.18. The van der Waals surface area contributed by atoms with Gasteiger partial charge in [0.25, 0.3) is 11.8 Å². The molecule has 170 valence electrons. The number of carbonyl (C=O) groups is 2. The van der Waals surface area contributed by atoms with Crippen LogP contribution in [0, 0.1) is 6.92 Å².